The summed E-state index contributed by atoms with van der Waals surface area (Å²) in [6, 6.07) is 4.94. The minimum Gasteiger partial charge on any atom is -0.444 e. The number of nitrogens with one attached hydrogen (secondary N) is 1. The second-order valence-corrected chi connectivity index (χ2v) is 10.1. The highest BCUT2D eigenvalue weighted by Crippen LogP contribution is 2.24. The summed E-state index contributed by atoms with van der Waals surface area (Å²) in [4.78, 5) is 4.33. The highest BCUT2D eigenvalue weighted by molar-refractivity contribution is 7.89. The number of aromatic nitrogens is 1. The van der Waals surface area contributed by atoms with Crippen LogP contribution in [-0.4, -0.2) is 51.5 Å². The molecule has 2 heterocycles. The topological polar surface area (TPSA) is 110 Å². The average Bonchev–Trinajstić information content (AvgIpc) is 3.13. The van der Waals surface area contributed by atoms with Crippen LogP contribution in [0.5, 0.6) is 0 Å². The molecule has 0 unspecified atom stereocenters. The molecule has 1 saturated heterocycles. The Balaban J connectivity index is 1.76. The Morgan fingerprint density at radius 2 is 2.08 bits per heavy atom. The molecule has 1 aliphatic rings. The normalized spacial score (nSPS) is 17.6. The van der Waals surface area contributed by atoms with Crippen molar-refractivity contribution in [2.45, 2.75) is 25.2 Å². The number of benzene rings is 1. The third kappa shape index (κ3) is 3.98. The third-order valence-corrected chi connectivity index (χ3v) is 7.76. The monoisotopic (exact) mass is 399 g/mol. The van der Waals surface area contributed by atoms with E-state index in [1.807, 2.05) is 0 Å². The second kappa shape index (κ2) is 7.10. The Morgan fingerprint density at radius 3 is 2.69 bits per heavy atom. The number of nitrogens with zero attached hydrogens (tertiary/aromatic N) is 2. The van der Waals surface area contributed by atoms with Crippen molar-refractivity contribution < 1.29 is 21.3 Å². The molecule has 26 heavy (non-hydrogen) atoms. The van der Waals surface area contributed by atoms with E-state index in [4.69, 9.17) is 4.42 Å². The molecule has 3 rings (SSSR count). The van der Waals surface area contributed by atoms with Crippen molar-refractivity contribution in [3.8, 4) is 11.5 Å². The summed E-state index contributed by atoms with van der Waals surface area (Å²) < 4.78 is 58.0. The number of hydrogen-bond donors (Lipinski definition) is 1. The van der Waals surface area contributed by atoms with Crippen molar-refractivity contribution in [3.05, 3.63) is 35.7 Å². The highest BCUT2D eigenvalue weighted by Gasteiger charge is 2.28. The molecule has 1 aromatic heterocycles. The molecule has 1 N–H and O–H groups in total. The van der Waals surface area contributed by atoms with Gasteiger partial charge >= 0.3 is 0 Å². The molecule has 1 fully saturated rings. The molecule has 0 amide bonds. The van der Waals surface area contributed by atoms with Crippen molar-refractivity contribution in [1.29, 1.82) is 0 Å². The third-order valence-electron chi connectivity index (χ3n) is 4.20. The van der Waals surface area contributed by atoms with E-state index in [0.717, 1.165) is 0 Å². The SMILES string of the molecule is Cc1coc(-c2ccc(C)c(S(=O)(=O)NCCN3CCCS3(=O)=O)c2)n1. The quantitative estimate of drug-likeness (QED) is 0.783. The zero-order valence-corrected chi connectivity index (χ0v) is 16.2. The van der Waals surface area contributed by atoms with Gasteiger partial charge in [0.15, 0.2) is 0 Å². The summed E-state index contributed by atoms with van der Waals surface area (Å²) in [7, 11) is -7.02. The van der Waals surface area contributed by atoms with Gasteiger partial charge in [-0.2, -0.15) is 0 Å². The molecule has 0 saturated carbocycles. The largest absolute Gasteiger partial charge is 0.444 e. The fourth-order valence-electron chi connectivity index (χ4n) is 2.83. The predicted molar refractivity (Wildman–Crippen MR) is 96.6 cm³/mol. The first-order chi connectivity index (χ1) is 12.2. The number of sulfonamides is 2. The molecule has 0 aliphatic carbocycles. The van der Waals surface area contributed by atoms with Crippen LogP contribution >= 0.6 is 0 Å². The van der Waals surface area contributed by atoms with Gasteiger partial charge < -0.3 is 4.42 Å². The molecule has 2 aromatic rings. The fourth-order valence-corrected chi connectivity index (χ4v) is 5.65. The zero-order chi connectivity index (χ0) is 18.9. The Morgan fingerprint density at radius 1 is 1.31 bits per heavy atom. The van der Waals surface area contributed by atoms with Crippen LogP contribution in [0.3, 0.4) is 0 Å². The maximum absolute atomic E-state index is 12.6. The molecule has 10 heteroatoms. The van der Waals surface area contributed by atoms with Crippen LogP contribution in [0, 0.1) is 13.8 Å². The first kappa shape index (κ1) is 19.0. The van der Waals surface area contributed by atoms with Gasteiger partial charge in [0.2, 0.25) is 25.9 Å². The number of hydrogen-bond acceptors (Lipinski definition) is 6. The van der Waals surface area contributed by atoms with E-state index >= 15 is 0 Å². The highest BCUT2D eigenvalue weighted by atomic mass is 32.2. The lowest BCUT2D eigenvalue weighted by molar-refractivity contribution is 0.444. The fraction of sp³-hybridized carbons (Fsp3) is 0.438. The summed E-state index contributed by atoms with van der Waals surface area (Å²) >= 11 is 0. The van der Waals surface area contributed by atoms with Crippen LogP contribution in [0.2, 0.25) is 0 Å². The maximum Gasteiger partial charge on any atom is 0.240 e. The number of aryl methyl sites for hydroxylation is 2. The molecule has 8 nitrogen and oxygen atoms in total. The van der Waals surface area contributed by atoms with Gasteiger partial charge in [0.05, 0.1) is 16.3 Å². The molecule has 142 valence electrons. The van der Waals surface area contributed by atoms with Gasteiger partial charge in [-0.15, -0.1) is 0 Å². The summed E-state index contributed by atoms with van der Waals surface area (Å²) in [5, 5.41) is 0. The lowest BCUT2D eigenvalue weighted by Gasteiger charge is -2.15. The van der Waals surface area contributed by atoms with Crippen molar-refractivity contribution in [2.24, 2.45) is 0 Å². The Kier molecular flexibility index (Phi) is 5.20. The molecule has 0 bridgehead atoms. The minimum atomic E-state index is -3.78. The zero-order valence-electron chi connectivity index (χ0n) is 14.6. The van der Waals surface area contributed by atoms with Crippen molar-refractivity contribution in [2.75, 3.05) is 25.4 Å². The van der Waals surface area contributed by atoms with Gasteiger partial charge in [-0.05, 0) is 38.0 Å². The van der Waals surface area contributed by atoms with Crippen LogP contribution in [0.1, 0.15) is 17.7 Å². The lowest BCUT2D eigenvalue weighted by Crippen LogP contribution is -2.36. The summed E-state index contributed by atoms with van der Waals surface area (Å²) in [6.07, 6.45) is 2.07. The predicted octanol–water partition coefficient (Wildman–Crippen LogP) is 1.27. The minimum absolute atomic E-state index is 0.0172. The molecular formula is C16H21N3O5S2. The van der Waals surface area contributed by atoms with Crippen molar-refractivity contribution in [3.63, 3.8) is 0 Å². The molecule has 1 aromatic carbocycles. The van der Waals surface area contributed by atoms with Crippen molar-refractivity contribution in [1.82, 2.24) is 14.0 Å². The number of oxazole rings is 1. The smallest absolute Gasteiger partial charge is 0.240 e. The molecule has 0 spiro atoms. The maximum atomic E-state index is 12.6. The van der Waals surface area contributed by atoms with E-state index < -0.39 is 20.0 Å². The molecule has 0 atom stereocenters. The van der Waals surface area contributed by atoms with Crippen LogP contribution in [-0.2, 0) is 20.0 Å². The van der Waals surface area contributed by atoms with Gasteiger partial charge in [0.25, 0.3) is 0 Å². The first-order valence-corrected chi connectivity index (χ1v) is 11.3. The van der Waals surface area contributed by atoms with Crippen LogP contribution in [0.25, 0.3) is 11.5 Å². The van der Waals surface area contributed by atoms with Gasteiger partial charge in [-0.25, -0.2) is 30.8 Å². The molecule has 0 radical (unpaired) electrons. The average molecular weight is 399 g/mol. The standard InChI is InChI=1S/C16H21N3O5S2/c1-12-4-5-14(16-18-13(2)11-24-16)10-15(12)26(22,23)17-6-8-19-7-3-9-25(19,20)21/h4-5,10-11,17H,3,6-9H2,1-2H3. The second-order valence-electron chi connectivity index (χ2n) is 6.24. The van der Waals surface area contributed by atoms with Crippen molar-refractivity contribution >= 4 is 20.0 Å². The van der Waals surface area contributed by atoms with E-state index in [9.17, 15) is 16.8 Å². The lowest BCUT2D eigenvalue weighted by atomic mass is 10.1. The van der Waals surface area contributed by atoms with Gasteiger partial charge in [-0.3, -0.25) is 0 Å². The van der Waals surface area contributed by atoms with Crippen LogP contribution < -0.4 is 4.72 Å². The Labute approximate surface area is 153 Å². The van der Waals surface area contributed by atoms with E-state index in [0.29, 0.717) is 35.7 Å². The number of rotatable bonds is 6. The molecule has 1 aliphatic heterocycles. The van der Waals surface area contributed by atoms with Crippen LogP contribution in [0.4, 0.5) is 0 Å². The van der Waals surface area contributed by atoms with E-state index in [2.05, 4.69) is 9.71 Å². The summed E-state index contributed by atoms with van der Waals surface area (Å²) in [5.41, 5.74) is 1.85. The first-order valence-electron chi connectivity index (χ1n) is 8.20. The van der Waals surface area contributed by atoms with E-state index in [-0.39, 0.29) is 23.7 Å². The molecular weight excluding hydrogens is 378 g/mol. The van der Waals surface area contributed by atoms with Gasteiger partial charge in [0.1, 0.15) is 6.26 Å². The van der Waals surface area contributed by atoms with Crippen LogP contribution in [0.15, 0.2) is 33.8 Å². The van der Waals surface area contributed by atoms with E-state index in [1.165, 1.54) is 16.6 Å². The summed E-state index contributed by atoms with van der Waals surface area (Å²) in [6.45, 7) is 4.06. The van der Waals surface area contributed by atoms with E-state index in [1.54, 1.807) is 26.0 Å². The van der Waals surface area contributed by atoms with Gasteiger partial charge in [0, 0.05) is 25.2 Å². The van der Waals surface area contributed by atoms with Gasteiger partial charge in [-0.1, -0.05) is 6.07 Å². The Hall–Kier alpha value is -1.75. The Bertz CT molecular complexity index is 1010. The summed E-state index contributed by atoms with van der Waals surface area (Å²) in [5.74, 6) is 0.471.